The van der Waals surface area contributed by atoms with Gasteiger partial charge in [-0.15, -0.1) is 0 Å². The topological polar surface area (TPSA) is 9.29 Å². The third-order valence-electron chi connectivity index (χ3n) is 9.20. The Morgan fingerprint density at radius 2 is 0.913 bits per heavy atom. The minimum Gasteiger partial charge on any atom is -0.309 e. The van der Waals surface area contributed by atoms with Crippen LogP contribution in [-0.4, -0.2) is 12.6 Å². The monoisotopic (exact) mass is 602 g/mol. The van der Waals surface area contributed by atoms with E-state index in [0.29, 0.717) is 5.69 Å². The molecule has 8 rings (SSSR count). The van der Waals surface area contributed by atoms with E-state index in [2.05, 4.69) is 179 Å². The summed E-state index contributed by atoms with van der Waals surface area (Å²) in [6.45, 7) is 8.15. The number of nitrogens with zero attached hydrogens (tertiary/aromatic N) is 2. The minimum atomic E-state index is -2.85. The van der Waals surface area contributed by atoms with Crippen LogP contribution in [0.25, 0.3) is 43.5 Å². The van der Waals surface area contributed by atoms with Crippen molar-refractivity contribution in [1.29, 1.82) is 0 Å². The smallest absolute Gasteiger partial charge is 0.187 e. The third kappa shape index (κ3) is 4.31. The molecule has 0 aliphatic carbocycles. The molecule has 0 N–H and O–H groups in total. The van der Waals surface area contributed by atoms with Crippen molar-refractivity contribution in [2.75, 3.05) is 0 Å². The Kier molecular flexibility index (Phi) is 6.91. The predicted octanol–water partition coefficient (Wildman–Crippen LogP) is 8.38. The Labute approximate surface area is 270 Å². The zero-order valence-corrected chi connectivity index (χ0v) is 26.2. The van der Waals surface area contributed by atoms with Crippen LogP contribution in [-0.2, 0) is 0 Å². The van der Waals surface area contributed by atoms with Gasteiger partial charge in [0.25, 0.3) is 0 Å². The van der Waals surface area contributed by atoms with Gasteiger partial charge in [0, 0.05) is 16.3 Å². The fourth-order valence-corrected chi connectivity index (χ4v) is 12.1. The SMILES string of the molecule is [C-]#[N+]c1ccccc1[Si](c1ccccc1)(c1ccccc1)c1ccc(-c2ccccc2-n2c3ccccc3c3ccccc32)cc1. The zero-order valence-electron chi connectivity index (χ0n) is 25.2. The van der Waals surface area contributed by atoms with Gasteiger partial charge in [-0.25, -0.2) is 4.85 Å². The van der Waals surface area contributed by atoms with Crippen molar-refractivity contribution >= 4 is 56.3 Å². The summed E-state index contributed by atoms with van der Waals surface area (Å²) in [5.74, 6) is 0. The van der Waals surface area contributed by atoms with E-state index >= 15 is 0 Å². The van der Waals surface area contributed by atoms with Gasteiger partial charge in [0.2, 0.25) is 0 Å². The molecule has 2 nitrogen and oxygen atoms in total. The number of hydrogen-bond donors (Lipinski definition) is 0. The van der Waals surface area contributed by atoms with Crippen LogP contribution in [0.5, 0.6) is 0 Å². The normalized spacial score (nSPS) is 11.5. The van der Waals surface area contributed by atoms with E-state index in [1.807, 2.05) is 12.1 Å². The Balaban J connectivity index is 1.36. The van der Waals surface area contributed by atoms with Crippen LogP contribution in [0.3, 0.4) is 0 Å². The molecule has 0 fully saturated rings. The first kappa shape index (κ1) is 27.6. The molecule has 1 heterocycles. The molecule has 0 saturated heterocycles. The molecule has 0 bridgehead atoms. The van der Waals surface area contributed by atoms with E-state index in [4.69, 9.17) is 6.57 Å². The van der Waals surface area contributed by atoms with Crippen LogP contribution in [0.4, 0.5) is 5.69 Å². The summed E-state index contributed by atoms with van der Waals surface area (Å²) in [4.78, 5) is 4.05. The molecule has 216 valence electrons. The van der Waals surface area contributed by atoms with Crippen molar-refractivity contribution in [1.82, 2.24) is 4.57 Å². The fraction of sp³-hybridized carbons (Fsp3) is 0. The van der Waals surface area contributed by atoms with Crippen LogP contribution in [0.15, 0.2) is 182 Å². The molecule has 0 unspecified atom stereocenters. The molecule has 0 amide bonds. The summed E-state index contributed by atoms with van der Waals surface area (Å²) >= 11 is 0. The molecule has 3 heteroatoms. The lowest BCUT2D eigenvalue weighted by Crippen LogP contribution is -2.74. The van der Waals surface area contributed by atoms with E-state index in [1.165, 1.54) is 42.9 Å². The zero-order chi connectivity index (χ0) is 30.9. The molecular formula is C43H30N2Si. The van der Waals surface area contributed by atoms with Gasteiger partial charge in [-0.05, 0) is 44.5 Å². The number of aromatic nitrogens is 1. The summed E-state index contributed by atoms with van der Waals surface area (Å²) in [6.07, 6.45) is 0. The van der Waals surface area contributed by atoms with E-state index < -0.39 is 8.07 Å². The molecule has 46 heavy (non-hydrogen) atoms. The van der Waals surface area contributed by atoms with Crippen molar-refractivity contribution in [3.05, 3.63) is 193 Å². The second kappa shape index (κ2) is 11.5. The van der Waals surface area contributed by atoms with Gasteiger partial charge in [-0.2, -0.15) is 0 Å². The standard InChI is InChI=1S/C43H30N2Si/c1-44-39-23-11-15-27-43(39)46(33-16-4-2-5-17-33,34-18-6-3-7-19-34)35-30-28-32(29-31-35)36-20-8-12-24-40(36)45-41-25-13-9-21-37(41)38-22-10-14-26-42(38)45/h2-31H. The van der Waals surface area contributed by atoms with Crippen molar-refractivity contribution in [2.45, 2.75) is 0 Å². The average molecular weight is 603 g/mol. The van der Waals surface area contributed by atoms with Crippen molar-refractivity contribution in [3.63, 3.8) is 0 Å². The summed E-state index contributed by atoms with van der Waals surface area (Å²) in [5, 5.41) is 7.39. The highest BCUT2D eigenvalue weighted by Crippen LogP contribution is 2.36. The number of para-hydroxylation sites is 4. The van der Waals surface area contributed by atoms with Crippen LogP contribution in [0.2, 0.25) is 0 Å². The van der Waals surface area contributed by atoms with Crippen LogP contribution in [0, 0.1) is 6.57 Å². The van der Waals surface area contributed by atoms with E-state index in [1.54, 1.807) is 0 Å². The Hall–Kier alpha value is -5.95. The summed E-state index contributed by atoms with van der Waals surface area (Å²) in [6, 6.07) is 65.0. The molecule has 1 aromatic heterocycles. The van der Waals surface area contributed by atoms with E-state index in [9.17, 15) is 0 Å². The number of benzene rings is 7. The Bertz CT molecular complexity index is 2270. The highest BCUT2D eigenvalue weighted by Gasteiger charge is 2.42. The number of rotatable bonds is 6. The minimum absolute atomic E-state index is 0.711. The number of fused-ring (bicyclic) bond motifs is 3. The summed E-state index contributed by atoms with van der Waals surface area (Å²) < 4.78 is 2.40. The van der Waals surface area contributed by atoms with Crippen molar-refractivity contribution in [3.8, 4) is 16.8 Å². The Morgan fingerprint density at radius 1 is 0.435 bits per heavy atom. The van der Waals surface area contributed by atoms with E-state index in [0.717, 1.165) is 16.4 Å². The largest absolute Gasteiger partial charge is 0.309 e. The molecule has 8 aromatic rings. The molecule has 0 radical (unpaired) electrons. The summed E-state index contributed by atoms with van der Waals surface area (Å²) in [5.41, 5.74) is 6.59. The van der Waals surface area contributed by atoms with Gasteiger partial charge in [0.1, 0.15) is 0 Å². The lowest BCUT2D eigenvalue weighted by Gasteiger charge is -2.35. The lowest BCUT2D eigenvalue weighted by molar-refractivity contribution is 1.18. The van der Waals surface area contributed by atoms with Gasteiger partial charge in [0.15, 0.2) is 13.8 Å². The Morgan fingerprint density at radius 3 is 1.52 bits per heavy atom. The first-order valence-corrected chi connectivity index (χ1v) is 17.6. The molecule has 0 spiro atoms. The van der Waals surface area contributed by atoms with Gasteiger partial charge in [-0.1, -0.05) is 164 Å². The molecule has 0 aliphatic heterocycles. The van der Waals surface area contributed by atoms with Crippen LogP contribution in [0.1, 0.15) is 0 Å². The van der Waals surface area contributed by atoms with Gasteiger partial charge < -0.3 is 4.57 Å². The van der Waals surface area contributed by atoms with Crippen molar-refractivity contribution in [2.24, 2.45) is 0 Å². The second-order valence-electron chi connectivity index (χ2n) is 11.6. The molecule has 7 aromatic carbocycles. The van der Waals surface area contributed by atoms with Crippen LogP contribution < -0.4 is 20.7 Å². The highest BCUT2D eigenvalue weighted by atomic mass is 28.3. The number of hydrogen-bond acceptors (Lipinski definition) is 0. The highest BCUT2D eigenvalue weighted by molar-refractivity contribution is 7.20. The first-order valence-electron chi connectivity index (χ1n) is 15.6. The quantitative estimate of drug-likeness (QED) is 0.103. The van der Waals surface area contributed by atoms with Crippen LogP contribution >= 0.6 is 0 Å². The van der Waals surface area contributed by atoms with Gasteiger partial charge in [0.05, 0.1) is 23.3 Å². The van der Waals surface area contributed by atoms with E-state index in [-0.39, 0.29) is 0 Å². The fourth-order valence-electron chi connectivity index (χ4n) is 7.23. The summed E-state index contributed by atoms with van der Waals surface area (Å²) in [7, 11) is -2.85. The lowest BCUT2D eigenvalue weighted by atomic mass is 10.0. The third-order valence-corrected chi connectivity index (χ3v) is 14.0. The maximum atomic E-state index is 8.15. The molecule has 0 aliphatic rings. The predicted molar refractivity (Wildman–Crippen MR) is 196 cm³/mol. The molecule has 0 saturated carbocycles. The maximum Gasteiger partial charge on any atom is 0.187 e. The average Bonchev–Trinajstić information content (AvgIpc) is 3.48. The van der Waals surface area contributed by atoms with Gasteiger partial charge in [-0.3, -0.25) is 0 Å². The van der Waals surface area contributed by atoms with Crippen molar-refractivity contribution < 1.29 is 0 Å². The maximum absolute atomic E-state index is 8.15. The second-order valence-corrected chi connectivity index (χ2v) is 15.3. The van der Waals surface area contributed by atoms with Gasteiger partial charge >= 0.3 is 0 Å². The molecule has 0 atom stereocenters. The first-order chi connectivity index (χ1) is 22.8. The molecular weight excluding hydrogens is 573 g/mol.